The topological polar surface area (TPSA) is 12.9 Å². The highest BCUT2D eigenvalue weighted by Gasteiger charge is 2.20. The lowest BCUT2D eigenvalue weighted by molar-refractivity contribution is 0.901. The SMILES string of the molecule is Cc1ccc(Br)c2c(Cl)c3c(nc12)CCC3. The van der Waals surface area contributed by atoms with Crippen molar-refractivity contribution in [2.45, 2.75) is 26.2 Å². The molecule has 3 rings (SSSR count). The van der Waals surface area contributed by atoms with E-state index in [4.69, 9.17) is 16.6 Å². The lowest BCUT2D eigenvalue weighted by atomic mass is 10.1. The van der Waals surface area contributed by atoms with Gasteiger partial charge in [0, 0.05) is 15.6 Å². The van der Waals surface area contributed by atoms with Crippen molar-refractivity contribution in [1.29, 1.82) is 0 Å². The standard InChI is InChI=1S/C13H11BrClN/c1-7-5-6-9(14)11-12(15)8-3-2-4-10(8)16-13(7)11/h5-6H,2-4H2,1H3. The molecule has 0 radical (unpaired) electrons. The van der Waals surface area contributed by atoms with Gasteiger partial charge in [0.2, 0.25) is 0 Å². The van der Waals surface area contributed by atoms with Crippen molar-refractivity contribution in [3.8, 4) is 0 Å². The number of halogens is 2. The van der Waals surface area contributed by atoms with Gasteiger partial charge in [0.25, 0.3) is 0 Å². The minimum atomic E-state index is 0.896. The van der Waals surface area contributed by atoms with E-state index < -0.39 is 0 Å². The summed E-state index contributed by atoms with van der Waals surface area (Å²) in [4.78, 5) is 4.76. The maximum atomic E-state index is 6.49. The van der Waals surface area contributed by atoms with Crippen molar-refractivity contribution in [3.63, 3.8) is 0 Å². The van der Waals surface area contributed by atoms with E-state index in [-0.39, 0.29) is 0 Å². The van der Waals surface area contributed by atoms with Crippen LogP contribution in [0.1, 0.15) is 23.2 Å². The van der Waals surface area contributed by atoms with Crippen LogP contribution in [0.3, 0.4) is 0 Å². The minimum absolute atomic E-state index is 0.896. The maximum Gasteiger partial charge on any atom is 0.0761 e. The van der Waals surface area contributed by atoms with E-state index in [2.05, 4.69) is 28.9 Å². The van der Waals surface area contributed by atoms with Crippen LogP contribution in [0.4, 0.5) is 0 Å². The Labute approximate surface area is 108 Å². The number of hydrogen-bond acceptors (Lipinski definition) is 1. The monoisotopic (exact) mass is 295 g/mol. The number of rotatable bonds is 0. The van der Waals surface area contributed by atoms with Crippen LogP contribution in [-0.2, 0) is 12.8 Å². The van der Waals surface area contributed by atoms with Gasteiger partial charge in [-0.25, -0.2) is 0 Å². The van der Waals surface area contributed by atoms with Gasteiger partial charge in [-0.05, 0) is 43.4 Å². The number of fused-ring (bicyclic) bond motifs is 2. The molecule has 2 aromatic rings. The molecule has 0 bridgehead atoms. The third-order valence-electron chi connectivity index (χ3n) is 3.25. The molecule has 0 aliphatic heterocycles. The number of benzene rings is 1. The van der Waals surface area contributed by atoms with Gasteiger partial charge in [-0.1, -0.05) is 33.6 Å². The number of aromatic nitrogens is 1. The van der Waals surface area contributed by atoms with Gasteiger partial charge in [-0.15, -0.1) is 0 Å². The van der Waals surface area contributed by atoms with E-state index in [0.29, 0.717) is 0 Å². The number of nitrogens with zero attached hydrogens (tertiary/aromatic N) is 1. The lowest BCUT2D eigenvalue weighted by Crippen LogP contribution is -1.94. The zero-order valence-corrected chi connectivity index (χ0v) is 11.3. The highest BCUT2D eigenvalue weighted by molar-refractivity contribution is 9.10. The van der Waals surface area contributed by atoms with Crippen molar-refractivity contribution in [3.05, 3.63) is 38.4 Å². The molecular weight excluding hydrogens is 286 g/mol. The summed E-state index contributed by atoms with van der Waals surface area (Å²) in [5.74, 6) is 0. The lowest BCUT2D eigenvalue weighted by Gasteiger charge is -2.10. The largest absolute Gasteiger partial charge is 0.252 e. The molecule has 0 saturated carbocycles. The average Bonchev–Trinajstić information content (AvgIpc) is 2.72. The molecule has 0 saturated heterocycles. The molecule has 0 N–H and O–H groups in total. The van der Waals surface area contributed by atoms with Crippen molar-refractivity contribution in [2.75, 3.05) is 0 Å². The summed E-state index contributed by atoms with van der Waals surface area (Å²) in [6.07, 6.45) is 3.31. The fourth-order valence-electron chi connectivity index (χ4n) is 2.40. The van der Waals surface area contributed by atoms with Crippen molar-refractivity contribution in [2.24, 2.45) is 0 Å². The minimum Gasteiger partial charge on any atom is -0.252 e. The van der Waals surface area contributed by atoms with Gasteiger partial charge in [0.15, 0.2) is 0 Å². The molecule has 0 atom stereocenters. The summed E-state index contributed by atoms with van der Waals surface area (Å²) in [6, 6.07) is 4.13. The molecule has 0 amide bonds. The van der Waals surface area contributed by atoms with Crippen LogP contribution < -0.4 is 0 Å². The van der Waals surface area contributed by atoms with Gasteiger partial charge in [-0.2, -0.15) is 0 Å². The summed E-state index contributed by atoms with van der Waals surface area (Å²) >= 11 is 10.1. The highest BCUT2D eigenvalue weighted by Crippen LogP contribution is 2.38. The van der Waals surface area contributed by atoms with Crippen LogP contribution in [0.25, 0.3) is 10.9 Å². The van der Waals surface area contributed by atoms with Crippen molar-refractivity contribution in [1.82, 2.24) is 4.98 Å². The Morgan fingerprint density at radius 2 is 2.12 bits per heavy atom. The zero-order chi connectivity index (χ0) is 11.3. The molecular formula is C13H11BrClN. The second kappa shape index (κ2) is 3.71. The molecule has 1 aliphatic carbocycles. The van der Waals surface area contributed by atoms with Crippen LogP contribution in [0, 0.1) is 6.92 Å². The average molecular weight is 297 g/mol. The molecule has 1 heterocycles. The Morgan fingerprint density at radius 3 is 2.94 bits per heavy atom. The second-order valence-corrected chi connectivity index (χ2v) is 5.52. The molecule has 82 valence electrons. The quantitative estimate of drug-likeness (QED) is 0.700. The smallest absolute Gasteiger partial charge is 0.0761 e. The highest BCUT2D eigenvalue weighted by atomic mass is 79.9. The van der Waals surface area contributed by atoms with E-state index in [1.165, 1.54) is 23.2 Å². The fraction of sp³-hybridized carbons (Fsp3) is 0.308. The second-order valence-electron chi connectivity index (χ2n) is 4.29. The van der Waals surface area contributed by atoms with E-state index in [0.717, 1.165) is 33.2 Å². The molecule has 0 spiro atoms. The van der Waals surface area contributed by atoms with Gasteiger partial charge in [0.05, 0.1) is 10.5 Å². The maximum absolute atomic E-state index is 6.49. The summed E-state index contributed by atoms with van der Waals surface area (Å²) in [6.45, 7) is 2.08. The Bertz CT molecular complexity index is 592. The van der Waals surface area contributed by atoms with E-state index in [1.807, 2.05) is 6.07 Å². The van der Waals surface area contributed by atoms with Crippen LogP contribution in [0.15, 0.2) is 16.6 Å². The first-order valence-corrected chi connectivity index (χ1v) is 6.61. The third kappa shape index (κ3) is 1.40. The Balaban J connectivity index is 2.50. The molecule has 16 heavy (non-hydrogen) atoms. The third-order valence-corrected chi connectivity index (χ3v) is 4.33. The van der Waals surface area contributed by atoms with E-state index in [9.17, 15) is 0 Å². The number of pyridine rings is 1. The van der Waals surface area contributed by atoms with Gasteiger partial charge in [0.1, 0.15) is 0 Å². The molecule has 1 aromatic heterocycles. The Hall–Kier alpha value is -0.600. The molecule has 0 fully saturated rings. The molecule has 1 aliphatic rings. The summed E-state index contributed by atoms with van der Waals surface area (Å²) in [5.41, 5.74) is 4.67. The molecule has 1 nitrogen and oxygen atoms in total. The van der Waals surface area contributed by atoms with Crippen LogP contribution >= 0.6 is 27.5 Å². The Kier molecular flexibility index (Phi) is 2.45. The van der Waals surface area contributed by atoms with Gasteiger partial charge in [-0.3, -0.25) is 4.98 Å². The first kappa shape index (κ1) is 10.5. The van der Waals surface area contributed by atoms with Crippen molar-refractivity contribution >= 4 is 38.4 Å². The number of aryl methyl sites for hydroxylation is 2. The normalized spacial score (nSPS) is 14.4. The van der Waals surface area contributed by atoms with Gasteiger partial charge >= 0.3 is 0 Å². The van der Waals surface area contributed by atoms with Crippen LogP contribution in [-0.4, -0.2) is 4.98 Å². The summed E-state index contributed by atoms with van der Waals surface area (Å²) in [7, 11) is 0. The van der Waals surface area contributed by atoms with Crippen LogP contribution in [0.5, 0.6) is 0 Å². The summed E-state index contributed by atoms with van der Waals surface area (Å²) in [5, 5.41) is 1.97. The van der Waals surface area contributed by atoms with E-state index in [1.54, 1.807) is 0 Å². The predicted molar refractivity (Wildman–Crippen MR) is 71.2 cm³/mol. The first-order valence-electron chi connectivity index (χ1n) is 5.44. The summed E-state index contributed by atoms with van der Waals surface area (Å²) < 4.78 is 1.04. The van der Waals surface area contributed by atoms with Crippen LogP contribution in [0.2, 0.25) is 5.02 Å². The molecule has 3 heteroatoms. The first-order chi connectivity index (χ1) is 7.68. The molecule has 0 unspecified atom stereocenters. The fourth-order valence-corrected chi connectivity index (χ4v) is 3.42. The van der Waals surface area contributed by atoms with E-state index >= 15 is 0 Å². The van der Waals surface area contributed by atoms with Gasteiger partial charge < -0.3 is 0 Å². The number of hydrogen-bond donors (Lipinski definition) is 0. The Morgan fingerprint density at radius 1 is 1.31 bits per heavy atom. The van der Waals surface area contributed by atoms with Crippen molar-refractivity contribution < 1.29 is 0 Å². The molecule has 1 aromatic carbocycles. The predicted octanol–water partition coefficient (Wildman–Crippen LogP) is 4.45. The zero-order valence-electron chi connectivity index (χ0n) is 8.98.